The summed E-state index contributed by atoms with van der Waals surface area (Å²) in [7, 11) is 0. The van der Waals surface area contributed by atoms with Crippen molar-refractivity contribution >= 4 is 46.4 Å². The third-order valence-corrected chi connectivity index (χ3v) is 6.41. The smallest absolute Gasteiger partial charge is 0.325 e. The number of fused-ring (bicyclic) bond motifs is 1. The average Bonchev–Trinajstić information content (AvgIpc) is 3.23. The Morgan fingerprint density at radius 3 is 2.28 bits per heavy atom. The highest BCUT2D eigenvalue weighted by molar-refractivity contribution is 7.98. The lowest BCUT2D eigenvalue weighted by Crippen LogP contribution is -2.57. The molecule has 1 aromatic carbocycles. The Bertz CT molecular complexity index is 1060. The number of hydrogen-bond donors (Lipinski definition) is 6. The molecule has 1 heterocycles. The molecule has 0 aliphatic heterocycles. The van der Waals surface area contributed by atoms with Gasteiger partial charge in [0.2, 0.25) is 17.7 Å². The molecule has 198 valence electrons. The van der Waals surface area contributed by atoms with Crippen LogP contribution in [0.5, 0.6) is 0 Å². The molecule has 0 spiro atoms. The molecule has 0 radical (unpaired) electrons. The molecular formula is C25H37N5O5S. The third-order valence-electron chi connectivity index (χ3n) is 5.76. The van der Waals surface area contributed by atoms with Crippen LogP contribution in [-0.4, -0.2) is 70.0 Å². The maximum atomic E-state index is 13.1. The lowest BCUT2D eigenvalue weighted by molar-refractivity contribution is -0.141. The second kappa shape index (κ2) is 13.9. The van der Waals surface area contributed by atoms with Gasteiger partial charge in [0.25, 0.3) is 0 Å². The van der Waals surface area contributed by atoms with Crippen LogP contribution in [0.1, 0.15) is 39.2 Å². The predicted octanol–water partition coefficient (Wildman–Crippen LogP) is 1.40. The number of hydrogen-bond acceptors (Lipinski definition) is 6. The molecule has 11 heteroatoms. The minimum Gasteiger partial charge on any atom is -0.480 e. The van der Waals surface area contributed by atoms with Gasteiger partial charge in [-0.05, 0) is 55.7 Å². The molecule has 7 N–H and O–H groups in total. The predicted molar refractivity (Wildman–Crippen MR) is 142 cm³/mol. The van der Waals surface area contributed by atoms with Gasteiger partial charge in [-0.15, -0.1) is 0 Å². The molecule has 0 aliphatic rings. The number of rotatable bonds is 14. The van der Waals surface area contributed by atoms with E-state index in [4.69, 9.17) is 10.8 Å². The van der Waals surface area contributed by atoms with Crippen LogP contribution in [0.3, 0.4) is 0 Å². The van der Waals surface area contributed by atoms with Gasteiger partial charge in [-0.2, -0.15) is 11.8 Å². The van der Waals surface area contributed by atoms with E-state index in [0.29, 0.717) is 18.6 Å². The van der Waals surface area contributed by atoms with Crippen LogP contribution in [-0.2, 0) is 25.6 Å². The SMILES string of the molecule is CSCCC(NC(=O)C(N)Cc1c[nH]c2ccccc12)C(=O)NC(CC(C)C)C(=O)NC(C)C(=O)O. The van der Waals surface area contributed by atoms with E-state index in [1.807, 2.05) is 50.6 Å². The summed E-state index contributed by atoms with van der Waals surface area (Å²) in [6, 6.07) is 3.92. The van der Waals surface area contributed by atoms with Crippen molar-refractivity contribution in [3.05, 3.63) is 36.0 Å². The molecule has 0 bridgehead atoms. The van der Waals surface area contributed by atoms with Crippen molar-refractivity contribution in [2.24, 2.45) is 11.7 Å². The van der Waals surface area contributed by atoms with Crippen molar-refractivity contribution in [3.63, 3.8) is 0 Å². The van der Waals surface area contributed by atoms with E-state index in [2.05, 4.69) is 20.9 Å². The number of carbonyl (C=O) groups excluding carboxylic acids is 3. The fourth-order valence-electron chi connectivity index (χ4n) is 3.76. The number of aromatic amines is 1. The van der Waals surface area contributed by atoms with Crippen molar-refractivity contribution < 1.29 is 24.3 Å². The van der Waals surface area contributed by atoms with Gasteiger partial charge in [0.1, 0.15) is 18.1 Å². The van der Waals surface area contributed by atoms with Gasteiger partial charge in [-0.1, -0.05) is 32.0 Å². The lowest BCUT2D eigenvalue weighted by Gasteiger charge is -2.25. The first-order chi connectivity index (χ1) is 17.0. The zero-order valence-electron chi connectivity index (χ0n) is 21.2. The van der Waals surface area contributed by atoms with Gasteiger partial charge in [-0.25, -0.2) is 0 Å². The van der Waals surface area contributed by atoms with E-state index < -0.39 is 47.9 Å². The van der Waals surface area contributed by atoms with Gasteiger partial charge in [0.05, 0.1) is 6.04 Å². The van der Waals surface area contributed by atoms with Gasteiger partial charge >= 0.3 is 5.97 Å². The van der Waals surface area contributed by atoms with E-state index >= 15 is 0 Å². The summed E-state index contributed by atoms with van der Waals surface area (Å²) >= 11 is 1.52. The highest BCUT2D eigenvalue weighted by Gasteiger charge is 2.29. The first-order valence-electron chi connectivity index (χ1n) is 12.0. The largest absolute Gasteiger partial charge is 0.480 e. The fourth-order valence-corrected chi connectivity index (χ4v) is 4.24. The van der Waals surface area contributed by atoms with Gasteiger partial charge in [0.15, 0.2) is 0 Å². The molecule has 0 saturated heterocycles. The van der Waals surface area contributed by atoms with Crippen molar-refractivity contribution in [3.8, 4) is 0 Å². The Balaban J connectivity index is 2.09. The number of H-pyrrole nitrogens is 1. The van der Waals surface area contributed by atoms with Crippen molar-refractivity contribution in [1.82, 2.24) is 20.9 Å². The van der Waals surface area contributed by atoms with Gasteiger partial charge in [0, 0.05) is 17.1 Å². The van der Waals surface area contributed by atoms with Crippen LogP contribution in [0.2, 0.25) is 0 Å². The lowest BCUT2D eigenvalue weighted by atomic mass is 10.0. The highest BCUT2D eigenvalue weighted by atomic mass is 32.2. The number of amides is 3. The van der Waals surface area contributed by atoms with Crippen LogP contribution in [0, 0.1) is 5.92 Å². The number of carboxylic acids is 1. The number of benzene rings is 1. The summed E-state index contributed by atoms with van der Waals surface area (Å²) in [5, 5.41) is 17.9. The van der Waals surface area contributed by atoms with E-state index in [0.717, 1.165) is 16.5 Å². The molecule has 36 heavy (non-hydrogen) atoms. The zero-order valence-corrected chi connectivity index (χ0v) is 22.0. The summed E-state index contributed by atoms with van der Waals surface area (Å²) in [5.41, 5.74) is 8.04. The normalized spacial score (nSPS) is 14.6. The molecule has 3 amide bonds. The Hall–Kier alpha value is -3.05. The minimum absolute atomic E-state index is 0.0602. The van der Waals surface area contributed by atoms with E-state index in [1.54, 1.807) is 0 Å². The van der Waals surface area contributed by atoms with Crippen LogP contribution < -0.4 is 21.7 Å². The van der Waals surface area contributed by atoms with E-state index in [-0.39, 0.29) is 12.3 Å². The maximum absolute atomic E-state index is 13.1. The van der Waals surface area contributed by atoms with Crippen molar-refractivity contribution in [2.45, 2.75) is 64.2 Å². The Morgan fingerprint density at radius 1 is 1.00 bits per heavy atom. The van der Waals surface area contributed by atoms with E-state index in [9.17, 15) is 19.2 Å². The number of nitrogens with one attached hydrogen (secondary N) is 4. The molecule has 4 atom stereocenters. The number of carboxylic acid groups (broad SMARTS) is 1. The van der Waals surface area contributed by atoms with Crippen LogP contribution in [0.25, 0.3) is 10.9 Å². The molecule has 2 rings (SSSR count). The standard InChI is InChI=1S/C25H37N5O5S/c1-14(2)11-21(24(33)28-15(3)25(34)35)30-23(32)20(9-10-36-4)29-22(31)18(26)12-16-13-27-19-8-6-5-7-17(16)19/h5-8,13-15,18,20-21,27H,9-12,26H2,1-4H3,(H,28,33)(H,29,31)(H,30,32)(H,34,35). The van der Waals surface area contributed by atoms with Gasteiger partial charge in [-0.3, -0.25) is 19.2 Å². The Labute approximate surface area is 215 Å². The molecule has 4 unspecified atom stereocenters. The van der Waals surface area contributed by atoms with E-state index in [1.165, 1.54) is 18.7 Å². The number of thioether (sulfide) groups is 1. The zero-order chi connectivity index (χ0) is 26.8. The molecule has 0 fully saturated rings. The Morgan fingerprint density at radius 2 is 1.64 bits per heavy atom. The first kappa shape index (κ1) is 29.2. The van der Waals surface area contributed by atoms with Crippen molar-refractivity contribution in [1.29, 1.82) is 0 Å². The number of carbonyl (C=O) groups is 4. The van der Waals surface area contributed by atoms with Crippen molar-refractivity contribution in [2.75, 3.05) is 12.0 Å². The Kier molecular flexibility index (Phi) is 11.3. The topological polar surface area (TPSA) is 166 Å². The summed E-state index contributed by atoms with van der Waals surface area (Å²) in [4.78, 5) is 53.0. The summed E-state index contributed by atoms with van der Waals surface area (Å²) in [6.07, 6.45) is 4.66. The second-order valence-electron chi connectivity index (χ2n) is 9.27. The van der Waals surface area contributed by atoms with Crippen LogP contribution >= 0.6 is 11.8 Å². The number of nitrogens with two attached hydrogens (primary N) is 1. The molecular weight excluding hydrogens is 482 g/mol. The maximum Gasteiger partial charge on any atom is 0.325 e. The number of aromatic nitrogens is 1. The number of aliphatic carboxylic acids is 1. The quantitative estimate of drug-likeness (QED) is 0.219. The fraction of sp³-hybridized carbons (Fsp3) is 0.520. The third kappa shape index (κ3) is 8.56. The summed E-state index contributed by atoms with van der Waals surface area (Å²) in [6.45, 7) is 5.14. The monoisotopic (exact) mass is 519 g/mol. The first-order valence-corrected chi connectivity index (χ1v) is 13.4. The second-order valence-corrected chi connectivity index (χ2v) is 10.3. The van der Waals surface area contributed by atoms with Gasteiger partial charge < -0.3 is 31.8 Å². The summed E-state index contributed by atoms with van der Waals surface area (Å²) < 4.78 is 0. The summed E-state index contributed by atoms with van der Waals surface area (Å²) in [5.74, 6) is -2.07. The molecule has 1 aromatic heterocycles. The minimum atomic E-state index is -1.17. The van der Waals surface area contributed by atoms with Crippen LogP contribution in [0.15, 0.2) is 30.5 Å². The molecule has 10 nitrogen and oxygen atoms in total. The molecule has 0 aliphatic carbocycles. The molecule has 2 aromatic rings. The average molecular weight is 520 g/mol. The van der Waals surface area contributed by atoms with Crippen LogP contribution in [0.4, 0.5) is 0 Å². The molecule has 0 saturated carbocycles. The highest BCUT2D eigenvalue weighted by Crippen LogP contribution is 2.19. The number of para-hydroxylation sites is 1.